The minimum absolute atomic E-state index is 0.179. The van der Waals surface area contributed by atoms with E-state index in [2.05, 4.69) is 33.3 Å². The number of benzene rings is 3. The highest BCUT2D eigenvalue weighted by atomic mass is 35.5. The predicted octanol–water partition coefficient (Wildman–Crippen LogP) is 6.78. The van der Waals surface area contributed by atoms with Crippen molar-refractivity contribution in [2.45, 2.75) is 6.54 Å². The molecule has 1 amide bonds. The van der Waals surface area contributed by atoms with Crippen LogP contribution in [0.4, 0.5) is 11.4 Å². The number of nitrogens with zero attached hydrogens (tertiary/aromatic N) is 2. The van der Waals surface area contributed by atoms with Crippen LogP contribution in [0.25, 0.3) is 10.1 Å². The number of fused-ring (bicyclic) bond motifs is 1. The molecule has 1 saturated heterocycles. The van der Waals surface area contributed by atoms with Crippen molar-refractivity contribution in [2.24, 2.45) is 0 Å². The largest absolute Gasteiger partial charge is 0.369 e. The van der Waals surface area contributed by atoms with Crippen molar-refractivity contribution in [1.29, 1.82) is 0 Å². The maximum absolute atomic E-state index is 12.8. The van der Waals surface area contributed by atoms with Crippen molar-refractivity contribution in [3.63, 3.8) is 0 Å². The Hall–Kier alpha value is -2.57. The quantitative estimate of drug-likeness (QED) is 0.331. The molecule has 3 aromatic carbocycles. The van der Waals surface area contributed by atoms with Crippen LogP contribution in [-0.2, 0) is 6.54 Å². The van der Waals surface area contributed by atoms with Crippen LogP contribution in [-0.4, -0.2) is 37.0 Å². The molecule has 0 radical (unpaired) electrons. The fourth-order valence-corrected chi connectivity index (χ4v) is 5.74. The van der Waals surface area contributed by atoms with E-state index in [-0.39, 0.29) is 5.91 Å². The molecule has 1 fully saturated rings. The second kappa shape index (κ2) is 9.74. The molecule has 168 valence electrons. The van der Waals surface area contributed by atoms with Crippen molar-refractivity contribution in [3.8, 4) is 0 Å². The molecule has 1 N–H and O–H groups in total. The summed E-state index contributed by atoms with van der Waals surface area (Å²) in [5.41, 5.74) is 3.09. The van der Waals surface area contributed by atoms with Crippen LogP contribution >= 0.6 is 34.5 Å². The van der Waals surface area contributed by atoms with Crippen LogP contribution < -0.4 is 10.2 Å². The first-order valence-corrected chi connectivity index (χ1v) is 12.4. The molecule has 0 aliphatic carbocycles. The van der Waals surface area contributed by atoms with Gasteiger partial charge in [0.25, 0.3) is 5.91 Å². The minimum atomic E-state index is -0.179. The first-order valence-electron chi connectivity index (χ1n) is 10.9. The Kier molecular flexibility index (Phi) is 6.56. The van der Waals surface area contributed by atoms with E-state index >= 15 is 0 Å². The summed E-state index contributed by atoms with van der Waals surface area (Å²) < 4.78 is 1.01. The van der Waals surface area contributed by atoms with Crippen molar-refractivity contribution in [2.75, 3.05) is 36.4 Å². The Morgan fingerprint density at radius 3 is 2.30 bits per heavy atom. The second-order valence-electron chi connectivity index (χ2n) is 8.10. The van der Waals surface area contributed by atoms with Gasteiger partial charge in [-0.2, -0.15) is 0 Å². The summed E-state index contributed by atoms with van der Waals surface area (Å²) in [7, 11) is 0. The molecule has 1 aromatic heterocycles. The van der Waals surface area contributed by atoms with Gasteiger partial charge in [-0.3, -0.25) is 9.69 Å². The number of thiophene rings is 1. The van der Waals surface area contributed by atoms with Crippen LogP contribution in [0.2, 0.25) is 10.0 Å². The predicted molar refractivity (Wildman–Crippen MR) is 140 cm³/mol. The fourth-order valence-electron chi connectivity index (χ4n) is 4.14. The highest BCUT2D eigenvalue weighted by Gasteiger charge is 2.19. The zero-order chi connectivity index (χ0) is 22.8. The van der Waals surface area contributed by atoms with Gasteiger partial charge >= 0.3 is 0 Å². The van der Waals surface area contributed by atoms with E-state index in [1.54, 1.807) is 0 Å². The van der Waals surface area contributed by atoms with Gasteiger partial charge in [0.15, 0.2) is 0 Å². The molecule has 1 aliphatic heterocycles. The Morgan fingerprint density at radius 1 is 0.879 bits per heavy atom. The number of hydrogen-bond acceptors (Lipinski definition) is 4. The molecule has 4 nitrogen and oxygen atoms in total. The van der Waals surface area contributed by atoms with Gasteiger partial charge in [-0.15, -0.1) is 11.3 Å². The van der Waals surface area contributed by atoms with Gasteiger partial charge in [-0.1, -0.05) is 59.6 Å². The molecule has 0 saturated carbocycles. The molecule has 0 spiro atoms. The third kappa shape index (κ3) is 4.87. The smallest absolute Gasteiger partial charge is 0.267 e. The summed E-state index contributed by atoms with van der Waals surface area (Å²) in [5, 5.41) is 5.23. The fraction of sp³-hybridized carbons (Fsp3) is 0.192. The van der Waals surface area contributed by atoms with E-state index < -0.39 is 0 Å². The van der Waals surface area contributed by atoms with E-state index in [4.69, 9.17) is 23.2 Å². The summed E-state index contributed by atoms with van der Waals surface area (Å²) in [6.45, 7) is 4.74. The number of amides is 1. The van der Waals surface area contributed by atoms with Crippen molar-refractivity contribution >= 4 is 61.9 Å². The third-order valence-corrected chi connectivity index (χ3v) is 8.00. The van der Waals surface area contributed by atoms with E-state index in [0.717, 1.165) is 59.2 Å². The lowest BCUT2D eigenvalue weighted by Crippen LogP contribution is -2.46. The molecule has 5 rings (SSSR count). The van der Waals surface area contributed by atoms with Crippen LogP contribution in [0, 0.1) is 0 Å². The van der Waals surface area contributed by atoms with Gasteiger partial charge in [0.2, 0.25) is 0 Å². The summed E-state index contributed by atoms with van der Waals surface area (Å²) in [4.78, 5) is 18.1. The third-order valence-electron chi connectivity index (χ3n) is 5.96. The van der Waals surface area contributed by atoms with Crippen molar-refractivity contribution < 1.29 is 4.79 Å². The molecule has 0 unspecified atom stereocenters. The maximum Gasteiger partial charge on any atom is 0.267 e. The van der Waals surface area contributed by atoms with Gasteiger partial charge in [0, 0.05) is 59.2 Å². The molecule has 2 heterocycles. The molecule has 0 atom stereocenters. The summed E-state index contributed by atoms with van der Waals surface area (Å²) >= 11 is 14.2. The van der Waals surface area contributed by atoms with Crippen LogP contribution in [0.3, 0.4) is 0 Å². The normalized spacial score (nSPS) is 14.5. The highest BCUT2D eigenvalue weighted by Crippen LogP contribution is 2.35. The van der Waals surface area contributed by atoms with Crippen LogP contribution in [0.1, 0.15) is 15.2 Å². The van der Waals surface area contributed by atoms with E-state index in [0.29, 0.717) is 9.90 Å². The molecular formula is C26H23Cl2N3OS. The zero-order valence-electron chi connectivity index (χ0n) is 17.9. The number of rotatable bonds is 5. The number of halogens is 2. The average molecular weight is 496 g/mol. The average Bonchev–Trinajstić information content (AvgIpc) is 3.18. The van der Waals surface area contributed by atoms with Gasteiger partial charge in [0.1, 0.15) is 4.88 Å². The minimum Gasteiger partial charge on any atom is -0.369 e. The number of nitrogens with one attached hydrogen (secondary N) is 1. The van der Waals surface area contributed by atoms with Crippen molar-refractivity contribution in [3.05, 3.63) is 93.3 Å². The maximum atomic E-state index is 12.8. The molecule has 1 aliphatic rings. The molecule has 7 heteroatoms. The topological polar surface area (TPSA) is 35.6 Å². The van der Waals surface area contributed by atoms with Gasteiger partial charge in [-0.25, -0.2) is 0 Å². The van der Waals surface area contributed by atoms with Gasteiger partial charge in [-0.05, 0) is 42.0 Å². The first-order chi connectivity index (χ1) is 16.1. The molecule has 4 aromatic rings. The summed E-state index contributed by atoms with van der Waals surface area (Å²) in [5.74, 6) is -0.179. The Balaban J connectivity index is 1.19. The zero-order valence-corrected chi connectivity index (χ0v) is 20.3. The lowest BCUT2D eigenvalue weighted by atomic mass is 10.2. The van der Waals surface area contributed by atoms with E-state index in [1.807, 2.05) is 54.6 Å². The van der Waals surface area contributed by atoms with E-state index in [9.17, 15) is 4.79 Å². The SMILES string of the molecule is O=C(Nc1ccc(N2CCN(Cc3ccccc3Cl)CC2)cc1)c1sc2ccccc2c1Cl. The van der Waals surface area contributed by atoms with Crippen LogP contribution in [0.15, 0.2) is 72.8 Å². The van der Waals surface area contributed by atoms with E-state index in [1.165, 1.54) is 16.9 Å². The lowest BCUT2D eigenvalue weighted by Gasteiger charge is -2.36. The first kappa shape index (κ1) is 22.2. The molecular weight excluding hydrogens is 473 g/mol. The summed E-state index contributed by atoms with van der Waals surface area (Å²) in [6.07, 6.45) is 0. The Labute approximate surface area is 207 Å². The number of carbonyl (C=O) groups is 1. The monoisotopic (exact) mass is 495 g/mol. The van der Waals surface area contributed by atoms with Gasteiger partial charge in [0.05, 0.1) is 5.02 Å². The number of piperazine rings is 1. The lowest BCUT2D eigenvalue weighted by molar-refractivity contribution is 0.103. The number of anilines is 2. The Morgan fingerprint density at radius 2 is 1.58 bits per heavy atom. The number of carbonyl (C=O) groups excluding carboxylic acids is 1. The van der Waals surface area contributed by atoms with Crippen LogP contribution in [0.5, 0.6) is 0 Å². The molecule has 0 bridgehead atoms. The van der Waals surface area contributed by atoms with Crippen molar-refractivity contribution in [1.82, 2.24) is 4.90 Å². The standard InChI is InChI=1S/C26H23Cl2N3OS/c27-22-7-3-1-5-18(22)17-30-13-15-31(16-14-30)20-11-9-19(10-12-20)29-26(32)25-24(28)21-6-2-4-8-23(21)33-25/h1-12H,13-17H2,(H,29,32). The number of hydrogen-bond donors (Lipinski definition) is 1. The Bertz CT molecular complexity index is 1280. The summed E-state index contributed by atoms with van der Waals surface area (Å²) in [6, 6.07) is 23.9. The van der Waals surface area contributed by atoms with Gasteiger partial charge < -0.3 is 10.2 Å². The highest BCUT2D eigenvalue weighted by molar-refractivity contribution is 7.21. The molecule has 33 heavy (non-hydrogen) atoms. The second-order valence-corrected chi connectivity index (χ2v) is 9.93.